The molecule has 11 heteroatoms. The largest absolute Gasteiger partial charge is 0.446 e. The molecule has 3 heterocycles. The van der Waals surface area contributed by atoms with E-state index in [1.807, 2.05) is 0 Å². The van der Waals surface area contributed by atoms with Gasteiger partial charge in [0.15, 0.2) is 0 Å². The number of hydrogen-bond acceptors (Lipinski definition) is 5. The number of carbonyl (C=O) groups is 3. The summed E-state index contributed by atoms with van der Waals surface area (Å²) in [4.78, 5) is 48.2. The van der Waals surface area contributed by atoms with Crippen molar-refractivity contribution in [3.8, 4) is 0 Å². The molecule has 7 nitrogen and oxygen atoms in total. The number of thioether (sulfide) groups is 1. The predicted molar refractivity (Wildman–Crippen MR) is 123 cm³/mol. The third kappa shape index (κ3) is 4.49. The summed E-state index contributed by atoms with van der Waals surface area (Å²) in [7, 11) is 0. The molecule has 3 aliphatic rings. The number of nitrogens with zero attached hydrogens (tertiary/aromatic N) is 4. The lowest BCUT2D eigenvalue weighted by molar-refractivity contribution is -0.120. The van der Waals surface area contributed by atoms with Crippen molar-refractivity contribution in [3.63, 3.8) is 0 Å². The topological polar surface area (TPSA) is 73.8 Å². The molecule has 5 rings (SSSR count). The van der Waals surface area contributed by atoms with Gasteiger partial charge in [0.05, 0.1) is 11.3 Å². The fourth-order valence-electron chi connectivity index (χ4n) is 4.75. The quantitative estimate of drug-likeness (QED) is 0.431. The second-order valence-corrected chi connectivity index (χ2v) is 10.1. The molecular weight excluding hydrogens is 481 g/mol. The Bertz CT molecular complexity index is 1160. The summed E-state index contributed by atoms with van der Waals surface area (Å²) >= 11 is -0.257. The Labute approximate surface area is 204 Å². The van der Waals surface area contributed by atoms with Crippen LogP contribution in [0, 0.1) is 0 Å². The first-order valence-corrected chi connectivity index (χ1v) is 12.3. The second kappa shape index (κ2) is 8.85. The van der Waals surface area contributed by atoms with Gasteiger partial charge in [-0.25, -0.2) is 9.69 Å². The van der Waals surface area contributed by atoms with Gasteiger partial charge < -0.3 is 9.80 Å². The summed E-state index contributed by atoms with van der Waals surface area (Å²) in [5, 5.41) is 0. The molecule has 0 radical (unpaired) electrons. The van der Waals surface area contributed by atoms with Crippen molar-refractivity contribution in [1.29, 1.82) is 0 Å². The molecule has 184 valence electrons. The van der Waals surface area contributed by atoms with Crippen LogP contribution in [-0.4, -0.2) is 56.8 Å². The Morgan fingerprint density at radius 2 is 1.71 bits per heavy atom. The Hall–Kier alpha value is -3.08. The maximum atomic E-state index is 13.4. The number of benzene rings is 1. The lowest BCUT2D eigenvalue weighted by atomic mass is 10.1. The van der Waals surface area contributed by atoms with Crippen molar-refractivity contribution in [3.05, 3.63) is 53.9 Å². The first-order chi connectivity index (χ1) is 16.7. The molecule has 0 N–H and O–H groups in total. The molecule has 2 saturated heterocycles. The molecule has 1 aromatic heterocycles. The van der Waals surface area contributed by atoms with Gasteiger partial charge in [0.25, 0.3) is 11.8 Å². The first kappa shape index (κ1) is 23.7. The maximum Gasteiger partial charge on any atom is 0.446 e. The van der Waals surface area contributed by atoms with Crippen LogP contribution < -0.4 is 4.90 Å². The van der Waals surface area contributed by atoms with E-state index in [1.54, 1.807) is 17.2 Å². The first-order valence-electron chi connectivity index (χ1n) is 11.4. The molecule has 0 bridgehead atoms. The third-order valence-corrected chi connectivity index (χ3v) is 7.44. The monoisotopic (exact) mass is 504 g/mol. The van der Waals surface area contributed by atoms with Crippen LogP contribution in [0.5, 0.6) is 0 Å². The number of hydrogen-bond donors (Lipinski definition) is 0. The van der Waals surface area contributed by atoms with E-state index in [-0.39, 0.29) is 34.8 Å². The number of likely N-dealkylation sites (tertiary alicyclic amines) is 1. The maximum absolute atomic E-state index is 13.4. The van der Waals surface area contributed by atoms with Gasteiger partial charge >= 0.3 is 11.5 Å². The fraction of sp³-hybridized carbons (Fsp3) is 0.417. The number of anilines is 1. The number of amides is 4. The number of urea groups is 1. The molecule has 1 aliphatic carbocycles. The highest BCUT2D eigenvalue weighted by Crippen LogP contribution is 2.50. The molecule has 1 aromatic carbocycles. The Morgan fingerprint density at radius 3 is 2.34 bits per heavy atom. The van der Waals surface area contributed by atoms with Gasteiger partial charge in [-0.3, -0.25) is 14.6 Å². The standard InChI is InChI=1S/C24H23F3N4O3S/c25-24(26,27)35-18-6-4-17(5-7-18)31-21(33)23(9-10-23)30(22(31)34)15-16-8-11-28-14-19(16)20(32)29-12-2-1-3-13-29/h4-8,11,14H,1-3,9-10,12-13,15H2. The number of alkyl halides is 3. The van der Waals surface area contributed by atoms with E-state index in [0.717, 1.165) is 24.2 Å². The number of aromatic nitrogens is 1. The lowest BCUT2D eigenvalue weighted by Crippen LogP contribution is -2.39. The lowest BCUT2D eigenvalue weighted by Gasteiger charge is -2.28. The van der Waals surface area contributed by atoms with Crippen molar-refractivity contribution < 1.29 is 27.6 Å². The van der Waals surface area contributed by atoms with E-state index in [1.165, 1.54) is 35.4 Å². The normalized spacial score (nSPS) is 19.6. The van der Waals surface area contributed by atoms with E-state index in [0.29, 0.717) is 37.1 Å². The number of rotatable bonds is 5. The summed E-state index contributed by atoms with van der Waals surface area (Å²) in [5.41, 5.74) is -4.16. The summed E-state index contributed by atoms with van der Waals surface area (Å²) in [6.07, 6.45) is 7.02. The number of imide groups is 1. The minimum Gasteiger partial charge on any atom is -0.339 e. The van der Waals surface area contributed by atoms with E-state index < -0.39 is 23.0 Å². The molecule has 35 heavy (non-hydrogen) atoms. The van der Waals surface area contributed by atoms with Gasteiger partial charge in [-0.15, -0.1) is 0 Å². The second-order valence-electron chi connectivity index (χ2n) is 8.97. The minimum atomic E-state index is -4.43. The van der Waals surface area contributed by atoms with Gasteiger partial charge in [-0.2, -0.15) is 13.2 Å². The number of pyridine rings is 1. The Morgan fingerprint density at radius 1 is 1.03 bits per heavy atom. The van der Waals surface area contributed by atoms with E-state index in [9.17, 15) is 27.6 Å². The van der Waals surface area contributed by atoms with E-state index >= 15 is 0 Å². The molecule has 3 fully saturated rings. The van der Waals surface area contributed by atoms with Crippen molar-refractivity contribution in [2.24, 2.45) is 0 Å². The predicted octanol–water partition coefficient (Wildman–Crippen LogP) is 4.82. The molecule has 2 aromatic rings. The molecule has 0 unspecified atom stereocenters. The Balaban J connectivity index is 1.39. The fourth-order valence-corrected chi connectivity index (χ4v) is 5.29. The molecule has 0 atom stereocenters. The van der Waals surface area contributed by atoms with Crippen molar-refractivity contribution >= 4 is 35.3 Å². The van der Waals surface area contributed by atoms with Crippen LogP contribution in [0.4, 0.5) is 23.7 Å². The minimum absolute atomic E-state index is 0.0315. The van der Waals surface area contributed by atoms with Crippen molar-refractivity contribution in [1.82, 2.24) is 14.8 Å². The highest BCUT2D eigenvalue weighted by atomic mass is 32.2. The SMILES string of the molecule is O=C(c1cnccc1CN1C(=O)N(c2ccc(SC(F)(F)F)cc2)C(=O)C12CC2)N1CCCCC1. The summed E-state index contributed by atoms with van der Waals surface area (Å²) < 4.78 is 37.9. The van der Waals surface area contributed by atoms with Crippen molar-refractivity contribution in [2.75, 3.05) is 18.0 Å². The number of halogens is 3. The van der Waals surface area contributed by atoms with Gasteiger partial charge in [0.2, 0.25) is 0 Å². The van der Waals surface area contributed by atoms with Crippen LogP contribution in [0.3, 0.4) is 0 Å². The molecule has 2 aliphatic heterocycles. The zero-order valence-electron chi connectivity index (χ0n) is 18.8. The smallest absolute Gasteiger partial charge is 0.339 e. The summed E-state index contributed by atoms with van der Waals surface area (Å²) in [6.45, 7) is 1.42. The molecule has 1 spiro atoms. The van der Waals surface area contributed by atoms with Crippen LogP contribution in [0.15, 0.2) is 47.6 Å². The highest BCUT2D eigenvalue weighted by Gasteiger charge is 2.65. The molecule has 1 saturated carbocycles. The number of piperidine rings is 1. The van der Waals surface area contributed by atoms with Crippen molar-refractivity contribution in [2.45, 2.75) is 54.6 Å². The van der Waals surface area contributed by atoms with Gasteiger partial charge in [-0.05, 0) is 79.8 Å². The van der Waals surface area contributed by atoms with Crippen LogP contribution in [0.1, 0.15) is 48.0 Å². The molecule has 4 amide bonds. The highest BCUT2D eigenvalue weighted by molar-refractivity contribution is 8.00. The zero-order valence-corrected chi connectivity index (χ0v) is 19.6. The van der Waals surface area contributed by atoms with Crippen LogP contribution in [-0.2, 0) is 11.3 Å². The van der Waals surface area contributed by atoms with E-state index in [2.05, 4.69) is 4.98 Å². The van der Waals surface area contributed by atoms with Crippen LogP contribution in [0.25, 0.3) is 0 Å². The Kier molecular flexibility index (Phi) is 5.98. The zero-order chi connectivity index (χ0) is 24.8. The average Bonchev–Trinajstić information content (AvgIpc) is 3.61. The van der Waals surface area contributed by atoms with Gasteiger partial charge in [0.1, 0.15) is 5.54 Å². The van der Waals surface area contributed by atoms with Crippen LogP contribution in [0.2, 0.25) is 0 Å². The summed E-state index contributed by atoms with van der Waals surface area (Å²) in [5.74, 6) is -0.526. The van der Waals surface area contributed by atoms with Gasteiger partial charge in [0, 0.05) is 36.9 Å². The van der Waals surface area contributed by atoms with Crippen LogP contribution >= 0.6 is 11.8 Å². The van der Waals surface area contributed by atoms with Gasteiger partial charge in [-0.1, -0.05) is 0 Å². The molecular formula is C24H23F3N4O3S. The third-order valence-electron chi connectivity index (χ3n) is 6.71. The average molecular weight is 505 g/mol. The van der Waals surface area contributed by atoms with E-state index in [4.69, 9.17) is 0 Å². The summed E-state index contributed by atoms with van der Waals surface area (Å²) in [6, 6.07) is 6.33. The number of carbonyl (C=O) groups excluding carboxylic acids is 3.